The molecule has 0 fully saturated rings. The van der Waals surface area contributed by atoms with Crippen molar-refractivity contribution in [1.29, 1.82) is 0 Å². The maximum atomic E-state index is 11.9. The lowest BCUT2D eigenvalue weighted by Gasteiger charge is -2.13. The number of nitrogen functional groups attached to an aromatic ring is 1. The predicted molar refractivity (Wildman–Crippen MR) is 72.9 cm³/mol. The highest BCUT2D eigenvalue weighted by molar-refractivity contribution is 5.92. The molecule has 0 spiro atoms. The molecule has 1 aromatic carbocycles. The second-order valence-electron chi connectivity index (χ2n) is 4.51. The van der Waals surface area contributed by atoms with E-state index in [9.17, 15) is 4.79 Å². The van der Waals surface area contributed by atoms with Crippen molar-refractivity contribution in [2.45, 2.75) is 40.0 Å². The number of anilines is 2. The van der Waals surface area contributed by atoms with Crippen molar-refractivity contribution in [3.63, 3.8) is 0 Å². The van der Waals surface area contributed by atoms with Crippen molar-refractivity contribution in [3.05, 3.63) is 23.8 Å². The molecule has 0 saturated heterocycles. The van der Waals surface area contributed by atoms with Gasteiger partial charge in [-0.1, -0.05) is 32.8 Å². The van der Waals surface area contributed by atoms with E-state index in [1.54, 1.807) is 6.07 Å². The lowest BCUT2D eigenvalue weighted by molar-refractivity contribution is -0.117. The van der Waals surface area contributed by atoms with Gasteiger partial charge in [-0.15, -0.1) is 0 Å². The molecule has 3 nitrogen and oxygen atoms in total. The summed E-state index contributed by atoms with van der Waals surface area (Å²) in [5.41, 5.74) is 8.24. The number of nitrogens with two attached hydrogens (primary N) is 1. The first-order valence-corrected chi connectivity index (χ1v) is 6.22. The highest BCUT2D eigenvalue weighted by Crippen LogP contribution is 2.20. The highest BCUT2D eigenvalue weighted by atomic mass is 16.1. The second-order valence-corrected chi connectivity index (χ2v) is 4.51. The van der Waals surface area contributed by atoms with Crippen LogP contribution >= 0.6 is 0 Å². The minimum absolute atomic E-state index is 0.0763. The Morgan fingerprint density at radius 1 is 1.35 bits per heavy atom. The number of aryl methyl sites for hydroxylation is 1. The summed E-state index contributed by atoms with van der Waals surface area (Å²) >= 11 is 0. The van der Waals surface area contributed by atoms with Gasteiger partial charge >= 0.3 is 0 Å². The molecule has 0 unspecified atom stereocenters. The van der Waals surface area contributed by atoms with Crippen LogP contribution in [0.4, 0.5) is 11.4 Å². The largest absolute Gasteiger partial charge is 0.399 e. The van der Waals surface area contributed by atoms with E-state index in [2.05, 4.69) is 19.2 Å². The first-order chi connectivity index (χ1) is 8.06. The topological polar surface area (TPSA) is 55.1 Å². The first kappa shape index (κ1) is 13.6. The molecule has 0 bridgehead atoms. The Balaban J connectivity index is 2.64. The van der Waals surface area contributed by atoms with Crippen molar-refractivity contribution in [1.82, 2.24) is 0 Å². The number of rotatable bonds is 5. The third kappa shape index (κ3) is 4.10. The molecule has 1 rings (SSSR count). The minimum atomic E-state index is 0.0763. The van der Waals surface area contributed by atoms with Gasteiger partial charge in [-0.05, 0) is 30.5 Å². The van der Waals surface area contributed by atoms with Gasteiger partial charge in [-0.3, -0.25) is 4.79 Å². The monoisotopic (exact) mass is 234 g/mol. The molecule has 0 radical (unpaired) electrons. The Kier molecular flexibility index (Phi) is 5.01. The Labute approximate surface area is 103 Å². The summed E-state index contributed by atoms with van der Waals surface area (Å²) in [6.07, 6.45) is 2.67. The van der Waals surface area contributed by atoms with Crippen molar-refractivity contribution in [2.75, 3.05) is 11.1 Å². The molecule has 94 valence electrons. The van der Waals surface area contributed by atoms with Gasteiger partial charge in [0, 0.05) is 17.8 Å². The number of amides is 1. The van der Waals surface area contributed by atoms with E-state index in [4.69, 9.17) is 5.73 Å². The van der Waals surface area contributed by atoms with Crippen LogP contribution in [0.25, 0.3) is 0 Å². The van der Waals surface area contributed by atoms with Crippen LogP contribution in [-0.2, 0) is 4.79 Å². The zero-order valence-corrected chi connectivity index (χ0v) is 10.9. The first-order valence-electron chi connectivity index (χ1n) is 6.22. The summed E-state index contributed by atoms with van der Waals surface area (Å²) in [6.45, 7) is 6.20. The quantitative estimate of drug-likeness (QED) is 0.768. The summed E-state index contributed by atoms with van der Waals surface area (Å²) in [5.74, 6) is 0.545. The third-order valence-corrected chi connectivity index (χ3v) is 3.16. The van der Waals surface area contributed by atoms with E-state index in [-0.39, 0.29) is 5.91 Å². The van der Waals surface area contributed by atoms with Crippen LogP contribution in [0.2, 0.25) is 0 Å². The van der Waals surface area contributed by atoms with E-state index >= 15 is 0 Å². The van der Waals surface area contributed by atoms with Crippen LogP contribution in [-0.4, -0.2) is 5.91 Å². The molecule has 0 aromatic heterocycles. The Hall–Kier alpha value is -1.51. The van der Waals surface area contributed by atoms with Gasteiger partial charge < -0.3 is 11.1 Å². The number of hydrogen-bond acceptors (Lipinski definition) is 2. The van der Waals surface area contributed by atoms with Crippen molar-refractivity contribution >= 4 is 17.3 Å². The van der Waals surface area contributed by atoms with E-state index in [1.165, 1.54) is 0 Å². The van der Waals surface area contributed by atoms with Gasteiger partial charge in [-0.2, -0.15) is 0 Å². The zero-order valence-electron chi connectivity index (χ0n) is 10.9. The van der Waals surface area contributed by atoms with Gasteiger partial charge in [0.25, 0.3) is 0 Å². The summed E-state index contributed by atoms with van der Waals surface area (Å²) in [6, 6.07) is 5.56. The summed E-state index contributed by atoms with van der Waals surface area (Å²) in [7, 11) is 0. The van der Waals surface area contributed by atoms with Gasteiger partial charge in [0.15, 0.2) is 0 Å². The molecule has 0 heterocycles. The van der Waals surface area contributed by atoms with Gasteiger partial charge in [0.1, 0.15) is 0 Å². The van der Waals surface area contributed by atoms with Gasteiger partial charge in [0.05, 0.1) is 0 Å². The third-order valence-electron chi connectivity index (χ3n) is 3.16. The normalized spacial score (nSPS) is 10.6. The number of hydrogen-bond donors (Lipinski definition) is 2. The molecule has 0 atom stereocenters. The number of nitrogens with one attached hydrogen (secondary N) is 1. The average molecular weight is 234 g/mol. The molecule has 0 aliphatic carbocycles. The second kappa shape index (κ2) is 6.28. The van der Waals surface area contributed by atoms with Crippen molar-refractivity contribution in [3.8, 4) is 0 Å². The smallest absolute Gasteiger partial charge is 0.224 e. The molecular formula is C14H22N2O. The summed E-state index contributed by atoms with van der Waals surface area (Å²) in [4.78, 5) is 11.9. The van der Waals surface area contributed by atoms with E-state index in [0.29, 0.717) is 18.0 Å². The molecule has 0 aliphatic rings. The van der Waals surface area contributed by atoms with E-state index in [0.717, 1.165) is 24.1 Å². The maximum Gasteiger partial charge on any atom is 0.224 e. The molecular weight excluding hydrogens is 212 g/mol. The summed E-state index contributed by atoms with van der Waals surface area (Å²) in [5, 5.41) is 2.93. The van der Waals surface area contributed by atoms with Crippen LogP contribution in [0.3, 0.4) is 0 Å². The average Bonchev–Trinajstić information content (AvgIpc) is 2.31. The molecule has 17 heavy (non-hydrogen) atoms. The van der Waals surface area contributed by atoms with Crippen LogP contribution in [0, 0.1) is 12.8 Å². The lowest BCUT2D eigenvalue weighted by Crippen LogP contribution is -2.16. The van der Waals surface area contributed by atoms with E-state index < -0.39 is 0 Å². The lowest BCUT2D eigenvalue weighted by atomic mass is 9.99. The van der Waals surface area contributed by atoms with Crippen molar-refractivity contribution < 1.29 is 4.79 Å². The Bertz CT molecular complexity index is 384. The zero-order chi connectivity index (χ0) is 12.8. The Morgan fingerprint density at radius 2 is 2.00 bits per heavy atom. The highest BCUT2D eigenvalue weighted by Gasteiger charge is 2.11. The fourth-order valence-electron chi connectivity index (χ4n) is 1.82. The molecule has 1 amide bonds. The molecule has 3 N–H and O–H groups in total. The fraction of sp³-hybridized carbons (Fsp3) is 0.500. The number of carbonyl (C=O) groups excluding carboxylic acids is 1. The number of benzene rings is 1. The van der Waals surface area contributed by atoms with Crippen molar-refractivity contribution in [2.24, 2.45) is 5.92 Å². The van der Waals surface area contributed by atoms with Crippen LogP contribution < -0.4 is 11.1 Å². The van der Waals surface area contributed by atoms with Crippen LogP contribution in [0.15, 0.2) is 18.2 Å². The molecule has 0 aliphatic heterocycles. The molecule has 3 heteroatoms. The minimum Gasteiger partial charge on any atom is -0.399 e. The Morgan fingerprint density at radius 3 is 2.59 bits per heavy atom. The van der Waals surface area contributed by atoms with Gasteiger partial charge in [-0.25, -0.2) is 0 Å². The van der Waals surface area contributed by atoms with E-state index in [1.807, 2.05) is 19.1 Å². The van der Waals surface area contributed by atoms with Gasteiger partial charge in [0.2, 0.25) is 5.91 Å². The standard InChI is InChI=1S/C14H22N2O/c1-4-11(5-2)8-14(17)16-13-9-12(15)7-6-10(13)3/h6-7,9,11H,4-5,8,15H2,1-3H3,(H,16,17). The van der Waals surface area contributed by atoms with Crippen LogP contribution in [0.5, 0.6) is 0 Å². The number of carbonyl (C=O) groups is 1. The predicted octanol–water partition coefficient (Wildman–Crippen LogP) is 3.34. The fourth-order valence-corrected chi connectivity index (χ4v) is 1.82. The maximum absolute atomic E-state index is 11.9. The summed E-state index contributed by atoms with van der Waals surface area (Å²) < 4.78 is 0. The molecule has 0 saturated carbocycles. The molecule has 1 aromatic rings. The SMILES string of the molecule is CCC(CC)CC(=O)Nc1cc(N)ccc1C. The van der Waals surface area contributed by atoms with Crippen LogP contribution in [0.1, 0.15) is 38.7 Å².